The molecule has 1 heteroatoms. The lowest BCUT2D eigenvalue weighted by Gasteiger charge is -2.37. The molecular weight excluding hydrogens is 160 g/mol. The average Bonchev–Trinajstić information content (AvgIpc) is 1.81. The van der Waals surface area contributed by atoms with Gasteiger partial charge in [-0.25, -0.2) is 0 Å². The molecule has 12 heavy (non-hydrogen) atoms. The molecule has 0 atom stereocenters. The summed E-state index contributed by atoms with van der Waals surface area (Å²) in [5.41, 5.74) is 0. The summed E-state index contributed by atoms with van der Waals surface area (Å²) in [4.78, 5) is 0. The summed E-state index contributed by atoms with van der Waals surface area (Å²) in [7, 11) is -0.989. The molecule has 73 valence electrons. The molecule has 0 N–H and O–H groups in total. The Hall–Kier alpha value is 0.217. The van der Waals surface area contributed by atoms with Crippen LogP contribution >= 0.6 is 0 Å². The Morgan fingerprint density at radius 1 is 1.08 bits per heavy atom. The monoisotopic (exact) mass is 185 g/mol. The predicted octanol–water partition coefficient (Wildman–Crippen LogP) is 4.50. The lowest BCUT2D eigenvalue weighted by molar-refractivity contribution is 0.706. The van der Waals surface area contributed by atoms with Gasteiger partial charge in [0.25, 0.3) is 0 Å². The van der Waals surface area contributed by atoms with Crippen molar-refractivity contribution in [1.29, 1.82) is 0 Å². The summed E-state index contributed by atoms with van der Waals surface area (Å²) >= 11 is 0. The highest BCUT2D eigenvalue weighted by atomic mass is 28.3. The van der Waals surface area contributed by atoms with Gasteiger partial charge < -0.3 is 0 Å². The van der Waals surface area contributed by atoms with Crippen molar-refractivity contribution in [3.05, 3.63) is 5.92 Å². The Balaban J connectivity index is 4.05. The van der Waals surface area contributed by atoms with Gasteiger partial charge in [0.2, 0.25) is 0 Å². The van der Waals surface area contributed by atoms with Crippen LogP contribution in [0.3, 0.4) is 0 Å². The summed E-state index contributed by atoms with van der Waals surface area (Å²) < 4.78 is 0. The summed E-state index contributed by atoms with van der Waals surface area (Å²) in [6.45, 7) is 16.7. The number of hydrogen-bond acceptors (Lipinski definition) is 0. The Morgan fingerprint density at radius 2 is 1.50 bits per heavy atom. The molecule has 0 saturated heterocycles. The fraction of sp³-hybridized carbons (Fsp3) is 0.909. The third-order valence-corrected chi connectivity index (χ3v) is 8.84. The van der Waals surface area contributed by atoms with E-state index in [0.29, 0.717) is 5.04 Å². The molecule has 0 fully saturated rings. The van der Waals surface area contributed by atoms with Crippen LogP contribution in [-0.2, 0) is 0 Å². The van der Waals surface area contributed by atoms with Gasteiger partial charge in [0.1, 0.15) is 0 Å². The van der Waals surface area contributed by atoms with Crippen molar-refractivity contribution >= 4 is 8.07 Å². The molecule has 0 aromatic carbocycles. The zero-order valence-corrected chi connectivity index (χ0v) is 10.9. The van der Waals surface area contributed by atoms with E-state index in [1.165, 1.54) is 12.5 Å². The quantitative estimate of drug-likeness (QED) is 0.568. The van der Waals surface area contributed by atoms with Crippen molar-refractivity contribution in [2.75, 3.05) is 0 Å². The molecule has 0 aromatic rings. The second-order valence-electron chi connectivity index (χ2n) is 5.84. The molecule has 0 rings (SSSR count). The zero-order valence-electron chi connectivity index (χ0n) is 9.91. The van der Waals surface area contributed by atoms with E-state index >= 15 is 0 Å². The van der Waals surface area contributed by atoms with Crippen molar-refractivity contribution in [3.63, 3.8) is 0 Å². The highest BCUT2D eigenvalue weighted by Gasteiger charge is 2.34. The molecule has 0 nitrogen and oxygen atoms in total. The highest BCUT2D eigenvalue weighted by Crippen LogP contribution is 2.39. The van der Waals surface area contributed by atoms with Gasteiger partial charge in [0.15, 0.2) is 0 Å². The minimum Gasteiger partial charge on any atom is -0.0690 e. The van der Waals surface area contributed by atoms with Gasteiger partial charge in [-0.1, -0.05) is 53.8 Å². The maximum absolute atomic E-state index is 2.51. The van der Waals surface area contributed by atoms with E-state index in [2.05, 4.69) is 47.7 Å². The van der Waals surface area contributed by atoms with Crippen LogP contribution in [0.25, 0.3) is 0 Å². The van der Waals surface area contributed by atoms with Crippen LogP contribution in [0, 0.1) is 5.92 Å². The van der Waals surface area contributed by atoms with E-state index < -0.39 is 8.07 Å². The molecule has 0 spiro atoms. The standard InChI is InChI=1S/C11H25Si/c1-10(2)8-9-12(6,7)11(3,4)5/h8-9H2,1-7H3. The van der Waals surface area contributed by atoms with Crippen molar-refractivity contribution in [3.8, 4) is 0 Å². The van der Waals surface area contributed by atoms with Gasteiger partial charge >= 0.3 is 0 Å². The zero-order chi connectivity index (χ0) is 9.99. The second kappa shape index (κ2) is 3.95. The Bertz CT molecular complexity index is 128. The average molecular weight is 185 g/mol. The van der Waals surface area contributed by atoms with Gasteiger partial charge in [0, 0.05) is 0 Å². The Kier molecular flexibility index (Phi) is 4.02. The fourth-order valence-corrected chi connectivity index (χ4v) is 2.81. The molecule has 0 heterocycles. The van der Waals surface area contributed by atoms with Crippen molar-refractivity contribution < 1.29 is 0 Å². The van der Waals surface area contributed by atoms with E-state index in [4.69, 9.17) is 0 Å². The van der Waals surface area contributed by atoms with Gasteiger partial charge in [-0.3, -0.25) is 0 Å². The van der Waals surface area contributed by atoms with Crippen LogP contribution in [0.4, 0.5) is 0 Å². The molecule has 0 bridgehead atoms. The third-order valence-electron chi connectivity index (χ3n) is 3.28. The highest BCUT2D eigenvalue weighted by molar-refractivity contribution is 6.80. The van der Waals surface area contributed by atoms with E-state index in [1.807, 2.05) is 0 Å². The van der Waals surface area contributed by atoms with Crippen LogP contribution in [0.1, 0.15) is 41.0 Å². The Morgan fingerprint density at radius 3 is 1.75 bits per heavy atom. The van der Waals surface area contributed by atoms with Crippen molar-refractivity contribution in [1.82, 2.24) is 0 Å². The SMILES string of the molecule is C[C](C)CC[Si](C)(C)C(C)(C)C. The smallest absolute Gasteiger partial charge is 0.0527 e. The molecule has 0 unspecified atom stereocenters. The normalized spacial score (nSPS) is 14.0. The van der Waals surface area contributed by atoms with E-state index in [9.17, 15) is 0 Å². The van der Waals surface area contributed by atoms with Gasteiger partial charge in [0.05, 0.1) is 8.07 Å². The minimum atomic E-state index is -0.989. The fourth-order valence-electron chi connectivity index (χ4n) is 0.937. The largest absolute Gasteiger partial charge is 0.0690 e. The minimum absolute atomic E-state index is 0.558. The van der Waals surface area contributed by atoms with Gasteiger partial charge in [-0.05, 0) is 17.4 Å². The van der Waals surface area contributed by atoms with Crippen LogP contribution < -0.4 is 0 Å². The van der Waals surface area contributed by atoms with Gasteiger partial charge in [-0.15, -0.1) is 0 Å². The van der Waals surface area contributed by atoms with Crippen molar-refractivity contribution in [2.24, 2.45) is 0 Å². The topological polar surface area (TPSA) is 0 Å². The lowest BCUT2D eigenvalue weighted by atomic mass is 10.2. The second-order valence-corrected chi connectivity index (χ2v) is 11.6. The molecule has 0 amide bonds. The summed E-state index contributed by atoms with van der Waals surface area (Å²) in [6, 6.07) is 1.44. The molecule has 1 radical (unpaired) electrons. The lowest BCUT2D eigenvalue weighted by Crippen LogP contribution is -2.36. The molecule has 0 aliphatic heterocycles. The first-order valence-electron chi connectivity index (χ1n) is 4.96. The number of hydrogen-bond donors (Lipinski definition) is 0. The maximum Gasteiger partial charge on any atom is 0.0527 e. The molecule has 0 aliphatic carbocycles. The molecule has 0 saturated carbocycles. The first-order chi connectivity index (χ1) is 5.17. The molecular formula is C11H25Si. The third kappa shape index (κ3) is 3.75. The van der Waals surface area contributed by atoms with Crippen LogP contribution in [0.15, 0.2) is 0 Å². The van der Waals surface area contributed by atoms with E-state index in [0.717, 1.165) is 0 Å². The summed E-state index contributed by atoms with van der Waals surface area (Å²) in [6.07, 6.45) is 1.33. The first-order valence-corrected chi connectivity index (χ1v) is 8.16. The summed E-state index contributed by atoms with van der Waals surface area (Å²) in [5.74, 6) is 1.58. The van der Waals surface area contributed by atoms with Crippen LogP contribution in [0.2, 0.25) is 24.2 Å². The van der Waals surface area contributed by atoms with Crippen molar-refractivity contribution in [2.45, 2.75) is 65.2 Å². The summed E-state index contributed by atoms with van der Waals surface area (Å²) in [5, 5.41) is 0.558. The van der Waals surface area contributed by atoms with E-state index in [1.54, 1.807) is 5.92 Å². The Labute approximate surface area is 79.8 Å². The van der Waals surface area contributed by atoms with Crippen LogP contribution in [-0.4, -0.2) is 8.07 Å². The predicted molar refractivity (Wildman–Crippen MR) is 61.2 cm³/mol. The van der Waals surface area contributed by atoms with Gasteiger partial charge in [-0.2, -0.15) is 0 Å². The molecule has 0 aliphatic rings. The maximum atomic E-state index is 2.51. The molecule has 0 aromatic heterocycles. The van der Waals surface area contributed by atoms with E-state index in [-0.39, 0.29) is 0 Å². The first kappa shape index (κ1) is 12.2. The number of rotatable bonds is 3. The van der Waals surface area contributed by atoms with Crippen LogP contribution in [0.5, 0.6) is 0 Å².